The number of rotatable bonds is 4. The Bertz CT molecular complexity index is 105. The van der Waals surface area contributed by atoms with Crippen molar-refractivity contribution in [3.05, 3.63) is 0 Å². The molecule has 0 aromatic heterocycles. The first-order chi connectivity index (χ1) is 4.81. The molecule has 0 spiro atoms. The molecule has 0 aliphatic carbocycles. The minimum absolute atomic E-state index is 0.0154. The molecule has 1 radical (unpaired) electrons. The minimum atomic E-state index is -0.0154. The zero-order valence-corrected chi connectivity index (χ0v) is 9.94. The lowest BCUT2D eigenvalue weighted by molar-refractivity contribution is -0.873. The molecule has 0 saturated heterocycles. The summed E-state index contributed by atoms with van der Waals surface area (Å²) in [6.07, 6.45) is 0. The zero-order valence-electron chi connectivity index (χ0n) is 8.94. The molecule has 2 heteroatoms. The summed E-state index contributed by atoms with van der Waals surface area (Å²) in [4.78, 5) is 0. The van der Waals surface area contributed by atoms with Gasteiger partial charge in [0.15, 0.2) is 0 Å². The van der Waals surface area contributed by atoms with Crippen molar-refractivity contribution in [3.63, 3.8) is 0 Å². The van der Waals surface area contributed by atoms with E-state index in [0.717, 1.165) is 10.4 Å². The largest absolute Gasteiger partial charge is 0.331 e. The maximum Gasteiger partial charge on any atom is 0.0803 e. The van der Waals surface area contributed by atoms with Crippen molar-refractivity contribution in [2.45, 2.75) is 26.1 Å². The van der Waals surface area contributed by atoms with E-state index in [4.69, 9.17) is 0 Å². The predicted molar refractivity (Wildman–Crippen MR) is 54.4 cm³/mol. The Labute approximate surface area is 73.6 Å². The lowest BCUT2D eigenvalue weighted by atomic mass is 10.2. The number of hydrogen-bond acceptors (Lipinski definition) is 0. The van der Waals surface area contributed by atoms with E-state index in [9.17, 15) is 0 Å². The number of nitrogens with zero attached hydrogens (tertiary/aromatic N) is 1. The van der Waals surface area contributed by atoms with Gasteiger partial charge in [-0.2, -0.15) is 0 Å². The van der Waals surface area contributed by atoms with Gasteiger partial charge in [-0.05, 0) is 0 Å². The predicted octanol–water partition coefficient (Wildman–Crippen LogP) is 2.08. The highest BCUT2D eigenvalue weighted by Gasteiger charge is 2.14. The van der Waals surface area contributed by atoms with Crippen LogP contribution in [-0.2, 0) is 0 Å². The first-order valence-corrected chi connectivity index (χ1v) is 7.11. The van der Waals surface area contributed by atoms with Crippen LogP contribution in [0.1, 0.15) is 6.92 Å². The van der Waals surface area contributed by atoms with Gasteiger partial charge in [0.25, 0.3) is 0 Å². The average Bonchev–Trinajstić information content (AvgIpc) is 1.53. The molecular formula is C9H23NSi+. The number of quaternary nitrogens is 1. The minimum Gasteiger partial charge on any atom is -0.331 e. The Kier molecular flexibility index (Phi) is 4.33. The molecule has 0 aliphatic heterocycles. The Hall–Kier alpha value is 0.177. The third-order valence-electron chi connectivity index (χ3n) is 1.62. The second kappa shape index (κ2) is 4.26. The molecule has 11 heavy (non-hydrogen) atoms. The second-order valence-corrected chi connectivity index (χ2v) is 7.81. The van der Waals surface area contributed by atoms with Crippen LogP contribution in [0.3, 0.4) is 0 Å². The number of hydrogen-bond donors (Lipinski definition) is 0. The van der Waals surface area contributed by atoms with Gasteiger partial charge in [-0.15, -0.1) is 0 Å². The van der Waals surface area contributed by atoms with Crippen molar-refractivity contribution in [1.82, 2.24) is 0 Å². The van der Waals surface area contributed by atoms with E-state index in [0.29, 0.717) is 0 Å². The summed E-state index contributed by atoms with van der Waals surface area (Å²) in [5, 5.41) is 0. The van der Waals surface area contributed by atoms with E-state index in [2.05, 4.69) is 41.2 Å². The molecular weight excluding hydrogens is 150 g/mol. The summed E-state index contributed by atoms with van der Waals surface area (Å²) in [7, 11) is 6.80. The highest BCUT2D eigenvalue weighted by atomic mass is 28.3. The van der Waals surface area contributed by atoms with Gasteiger partial charge >= 0.3 is 0 Å². The molecule has 1 unspecified atom stereocenters. The summed E-state index contributed by atoms with van der Waals surface area (Å²) < 4.78 is 1.11. The molecule has 0 aromatic carbocycles. The Morgan fingerprint density at radius 2 is 1.64 bits per heavy atom. The van der Waals surface area contributed by atoms with Crippen LogP contribution >= 0.6 is 0 Å². The molecule has 0 aliphatic rings. The first-order valence-electron chi connectivity index (χ1n) is 4.41. The van der Waals surface area contributed by atoms with Crippen molar-refractivity contribution >= 4 is 8.80 Å². The molecule has 0 rings (SSSR count). The Morgan fingerprint density at radius 1 is 1.18 bits per heavy atom. The summed E-state index contributed by atoms with van der Waals surface area (Å²) in [5.74, 6) is 0.902. The van der Waals surface area contributed by atoms with Gasteiger partial charge in [0.1, 0.15) is 0 Å². The van der Waals surface area contributed by atoms with Crippen molar-refractivity contribution in [3.8, 4) is 0 Å². The fourth-order valence-electron chi connectivity index (χ4n) is 1.70. The molecule has 0 N–H and O–H groups in total. The van der Waals surface area contributed by atoms with Crippen LogP contribution in [0.4, 0.5) is 0 Å². The van der Waals surface area contributed by atoms with Crippen molar-refractivity contribution < 1.29 is 4.48 Å². The Morgan fingerprint density at radius 3 is 1.91 bits per heavy atom. The fourth-order valence-corrected chi connectivity index (χ4v) is 3.22. The fraction of sp³-hybridized carbons (Fsp3) is 1.00. The van der Waals surface area contributed by atoms with Gasteiger partial charge in [-0.25, -0.2) is 0 Å². The monoisotopic (exact) mass is 173 g/mol. The molecule has 1 nitrogen and oxygen atoms in total. The molecule has 67 valence electrons. The van der Waals surface area contributed by atoms with Crippen molar-refractivity contribution in [2.75, 3.05) is 27.7 Å². The second-order valence-electron chi connectivity index (χ2n) is 4.99. The summed E-state index contributed by atoms with van der Waals surface area (Å²) >= 11 is 0. The van der Waals surface area contributed by atoms with Gasteiger partial charge < -0.3 is 4.48 Å². The molecule has 0 amide bonds. The topological polar surface area (TPSA) is 0 Å². The lowest BCUT2D eigenvalue weighted by Crippen LogP contribution is -2.39. The van der Waals surface area contributed by atoms with Gasteiger partial charge in [0, 0.05) is 14.7 Å². The lowest BCUT2D eigenvalue weighted by Gasteiger charge is -2.27. The van der Waals surface area contributed by atoms with E-state index < -0.39 is 0 Å². The summed E-state index contributed by atoms with van der Waals surface area (Å²) in [6, 6.07) is 1.46. The highest BCUT2D eigenvalue weighted by Crippen LogP contribution is 2.10. The van der Waals surface area contributed by atoms with Gasteiger partial charge in [0.05, 0.1) is 27.7 Å². The third kappa shape index (κ3) is 8.08. The van der Waals surface area contributed by atoms with E-state index in [1.54, 1.807) is 0 Å². The SMILES string of the molecule is CC(C[Si](C)C)C[N+](C)(C)C. The molecule has 0 heterocycles. The Balaban J connectivity index is 3.61. The van der Waals surface area contributed by atoms with E-state index in [1.807, 2.05) is 0 Å². The van der Waals surface area contributed by atoms with Crippen LogP contribution in [0, 0.1) is 5.92 Å². The normalized spacial score (nSPS) is 15.5. The molecule has 0 aromatic rings. The molecule has 0 saturated carbocycles. The first kappa shape index (κ1) is 11.2. The molecule has 1 atom stereocenters. The van der Waals surface area contributed by atoms with Crippen LogP contribution < -0.4 is 0 Å². The smallest absolute Gasteiger partial charge is 0.0803 e. The quantitative estimate of drug-likeness (QED) is 0.451. The van der Waals surface area contributed by atoms with Crippen LogP contribution in [-0.4, -0.2) is 41.0 Å². The van der Waals surface area contributed by atoms with Crippen LogP contribution in [0.2, 0.25) is 19.1 Å². The zero-order chi connectivity index (χ0) is 9.07. The third-order valence-corrected chi connectivity index (χ3v) is 3.13. The maximum atomic E-state index is 2.40. The maximum absolute atomic E-state index is 2.40. The van der Waals surface area contributed by atoms with Crippen LogP contribution in [0.25, 0.3) is 0 Å². The standard InChI is InChI=1S/C9H23NSi/c1-9(8-11(5)6)7-10(2,3)4/h9H,7-8H2,1-6H3/q+1. The average molecular weight is 173 g/mol. The summed E-state index contributed by atoms with van der Waals surface area (Å²) in [5.41, 5.74) is 0. The van der Waals surface area contributed by atoms with Gasteiger partial charge in [-0.1, -0.05) is 26.1 Å². The van der Waals surface area contributed by atoms with E-state index >= 15 is 0 Å². The molecule has 0 fully saturated rings. The summed E-state index contributed by atoms with van der Waals surface area (Å²) in [6.45, 7) is 8.49. The van der Waals surface area contributed by atoms with Crippen molar-refractivity contribution in [2.24, 2.45) is 5.92 Å². The van der Waals surface area contributed by atoms with Crippen LogP contribution in [0.5, 0.6) is 0 Å². The van der Waals surface area contributed by atoms with Crippen molar-refractivity contribution in [1.29, 1.82) is 0 Å². The van der Waals surface area contributed by atoms with E-state index in [1.165, 1.54) is 12.6 Å². The van der Waals surface area contributed by atoms with Crippen LogP contribution in [0.15, 0.2) is 0 Å². The van der Waals surface area contributed by atoms with Gasteiger partial charge in [-0.3, -0.25) is 0 Å². The van der Waals surface area contributed by atoms with E-state index in [-0.39, 0.29) is 8.80 Å². The highest BCUT2D eigenvalue weighted by molar-refractivity contribution is 6.55. The molecule has 0 bridgehead atoms. The van der Waals surface area contributed by atoms with Gasteiger partial charge in [0.2, 0.25) is 0 Å².